The van der Waals surface area contributed by atoms with E-state index in [1.54, 1.807) is 6.20 Å². The molecular weight excluding hydrogens is 242 g/mol. The lowest BCUT2D eigenvalue weighted by molar-refractivity contribution is 0.155. The first-order valence-electron chi connectivity index (χ1n) is 6.31. The molecule has 1 aliphatic heterocycles. The summed E-state index contributed by atoms with van der Waals surface area (Å²) in [6.45, 7) is 1.12. The third-order valence-electron chi connectivity index (χ3n) is 3.42. The van der Waals surface area contributed by atoms with E-state index in [0.29, 0.717) is 13.1 Å². The van der Waals surface area contributed by atoms with E-state index in [1.807, 2.05) is 30.3 Å². The molecule has 98 valence electrons. The number of hydrogen-bond acceptors (Lipinski definition) is 3. The summed E-state index contributed by atoms with van der Waals surface area (Å²) in [5, 5.41) is 13.4. The highest BCUT2D eigenvalue weighted by Crippen LogP contribution is 2.19. The van der Waals surface area contributed by atoms with Gasteiger partial charge in [-0.2, -0.15) is 0 Å². The molecule has 1 aliphatic rings. The minimum Gasteiger partial charge on any atom is -0.465 e. The zero-order valence-electron chi connectivity index (χ0n) is 10.4. The number of para-hydroxylation sites is 1. The topological polar surface area (TPSA) is 65.5 Å². The molecule has 1 atom stereocenters. The fourth-order valence-corrected chi connectivity index (χ4v) is 2.44. The maximum Gasteiger partial charge on any atom is 0.407 e. The maximum absolute atomic E-state index is 10.9. The van der Waals surface area contributed by atoms with Gasteiger partial charge in [0.1, 0.15) is 0 Å². The van der Waals surface area contributed by atoms with Crippen molar-refractivity contribution < 1.29 is 9.90 Å². The zero-order chi connectivity index (χ0) is 13.2. The lowest BCUT2D eigenvalue weighted by atomic mass is 10.2. The smallest absolute Gasteiger partial charge is 0.407 e. The summed E-state index contributed by atoms with van der Waals surface area (Å²) in [7, 11) is 0. The third kappa shape index (κ3) is 2.45. The molecule has 2 heterocycles. The van der Waals surface area contributed by atoms with Crippen LogP contribution in [0.25, 0.3) is 10.9 Å². The van der Waals surface area contributed by atoms with Crippen LogP contribution in [0.2, 0.25) is 0 Å². The number of anilines is 1. The van der Waals surface area contributed by atoms with Crippen LogP contribution in [-0.4, -0.2) is 40.2 Å². The molecule has 0 aliphatic carbocycles. The molecule has 5 heteroatoms. The van der Waals surface area contributed by atoms with E-state index in [0.717, 1.165) is 23.0 Å². The monoisotopic (exact) mass is 257 g/mol. The number of carboxylic acid groups (broad SMARTS) is 1. The molecule has 0 bridgehead atoms. The molecule has 0 spiro atoms. The van der Waals surface area contributed by atoms with E-state index < -0.39 is 6.09 Å². The standard InChI is InChI=1S/C14H15N3O2/c18-14(19)17-6-5-11(9-17)16-12-7-10-3-1-2-4-13(10)15-8-12/h1-4,7-8,11,16H,5-6,9H2,(H,18,19)/t11-/m1/s1. The van der Waals surface area contributed by atoms with Gasteiger partial charge in [-0.15, -0.1) is 0 Å². The predicted octanol–water partition coefficient (Wildman–Crippen LogP) is 2.40. The highest BCUT2D eigenvalue weighted by molar-refractivity contribution is 5.81. The van der Waals surface area contributed by atoms with Gasteiger partial charge in [0.15, 0.2) is 0 Å². The second-order valence-electron chi connectivity index (χ2n) is 4.78. The lowest BCUT2D eigenvalue weighted by Gasteiger charge is -2.15. The Kier molecular flexibility index (Phi) is 2.95. The van der Waals surface area contributed by atoms with Crippen LogP contribution < -0.4 is 5.32 Å². The van der Waals surface area contributed by atoms with Crippen molar-refractivity contribution in [1.82, 2.24) is 9.88 Å². The Hall–Kier alpha value is -2.30. The number of fused-ring (bicyclic) bond motifs is 1. The number of amides is 1. The van der Waals surface area contributed by atoms with Crippen molar-refractivity contribution in [3.05, 3.63) is 36.5 Å². The first-order valence-corrected chi connectivity index (χ1v) is 6.31. The van der Waals surface area contributed by atoms with Crippen molar-refractivity contribution in [2.45, 2.75) is 12.5 Å². The van der Waals surface area contributed by atoms with Gasteiger partial charge in [-0.1, -0.05) is 18.2 Å². The maximum atomic E-state index is 10.9. The largest absolute Gasteiger partial charge is 0.465 e. The van der Waals surface area contributed by atoms with Gasteiger partial charge in [0.05, 0.1) is 17.4 Å². The van der Waals surface area contributed by atoms with Crippen LogP contribution in [0.1, 0.15) is 6.42 Å². The molecule has 1 amide bonds. The van der Waals surface area contributed by atoms with Gasteiger partial charge in [-0.25, -0.2) is 4.79 Å². The second kappa shape index (κ2) is 4.76. The van der Waals surface area contributed by atoms with E-state index in [-0.39, 0.29) is 6.04 Å². The van der Waals surface area contributed by atoms with Gasteiger partial charge in [0.25, 0.3) is 0 Å². The number of aromatic nitrogens is 1. The Morgan fingerprint density at radius 1 is 1.42 bits per heavy atom. The van der Waals surface area contributed by atoms with E-state index in [4.69, 9.17) is 5.11 Å². The van der Waals surface area contributed by atoms with Crippen molar-refractivity contribution in [3.8, 4) is 0 Å². The third-order valence-corrected chi connectivity index (χ3v) is 3.42. The average Bonchev–Trinajstić information content (AvgIpc) is 2.87. The average molecular weight is 257 g/mol. The number of rotatable bonds is 2. The van der Waals surface area contributed by atoms with Crippen LogP contribution in [-0.2, 0) is 0 Å². The van der Waals surface area contributed by atoms with Crippen LogP contribution in [0.5, 0.6) is 0 Å². The number of nitrogens with zero attached hydrogens (tertiary/aromatic N) is 2. The van der Waals surface area contributed by atoms with Crippen molar-refractivity contribution in [2.75, 3.05) is 18.4 Å². The van der Waals surface area contributed by atoms with Gasteiger partial charge in [0.2, 0.25) is 0 Å². The lowest BCUT2D eigenvalue weighted by Crippen LogP contribution is -2.30. The van der Waals surface area contributed by atoms with E-state index in [9.17, 15) is 4.79 Å². The summed E-state index contributed by atoms with van der Waals surface area (Å²) in [4.78, 5) is 16.7. The predicted molar refractivity (Wildman–Crippen MR) is 73.4 cm³/mol. The first-order chi connectivity index (χ1) is 9.22. The molecule has 2 aromatic rings. The van der Waals surface area contributed by atoms with E-state index >= 15 is 0 Å². The highest BCUT2D eigenvalue weighted by Gasteiger charge is 2.25. The second-order valence-corrected chi connectivity index (χ2v) is 4.78. The van der Waals surface area contributed by atoms with Gasteiger partial charge < -0.3 is 15.3 Å². The summed E-state index contributed by atoms with van der Waals surface area (Å²) in [6.07, 6.45) is 1.78. The number of hydrogen-bond donors (Lipinski definition) is 2. The number of benzene rings is 1. The Balaban J connectivity index is 1.73. The number of likely N-dealkylation sites (tertiary alicyclic amines) is 1. The number of nitrogens with one attached hydrogen (secondary N) is 1. The van der Waals surface area contributed by atoms with Crippen LogP contribution in [0.15, 0.2) is 36.5 Å². The van der Waals surface area contributed by atoms with Gasteiger partial charge in [-0.05, 0) is 18.6 Å². The summed E-state index contributed by atoms with van der Waals surface area (Å²) in [6, 6.07) is 10.1. The fourth-order valence-electron chi connectivity index (χ4n) is 2.44. The molecular formula is C14H15N3O2. The van der Waals surface area contributed by atoms with Gasteiger partial charge in [-0.3, -0.25) is 4.98 Å². The number of carbonyl (C=O) groups is 1. The molecule has 5 nitrogen and oxygen atoms in total. The molecule has 1 aromatic heterocycles. The van der Waals surface area contributed by atoms with Crippen LogP contribution in [0.4, 0.5) is 10.5 Å². The van der Waals surface area contributed by atoms with Crippen molar-refractivity contribution in [2.24, 2.45) is 0 Å². The number of pyridine rings is 1. The normalized spacial score (nSPS) is 18.7. The minimum absolute atomic E-state index is 0.166. The van der Waals surface area contributed by atoms with Crippen LogP contribution in [0, 0.1) is 0 Å². The molecule has 3 rings (SSSR count). The summed E-state index contributed by atoms with van der Waals surface area (Å²) >= 11 is 0. The SMILES string of the molecule is O=C(O)N1CC[C@@H](Nc2cnc3ccccc3c2)C1. The van der Waals surface area contributed by atoms with Gasteiger partial charge >= 0.3 is 6.09 Å². The van der Waals surface area contributed by atoms with Crippen LogP contribution >= 0.6 is 0 Å². The molecule has 0 radical (unpaired) electrons. The Labute approximate surface area is 110 Å². The zero-order valence-corrected chi connectivity index (χ0v) is 10.4. The molecule has 1 fully saturated rings. The molecule has 0 unspecified atom stereocenters. The Morgan fingerprint density at radius 3 is 3.05 bits per heavy atom. The van der Waals surface area contributed by atoms with E-state index in [2.05, 4.69) is 10.3 Å². The van der Waals surface area contributed by atoms with Crippen LogP contribution in [0.3, 0.4) is 0 Å². The van der Waals surface area contributed by atoms with E-state index in [1.165, 1.54) is 4.90 Å². The van der Waals surface area contributed by atoms with Crippen molar-refractivity contribution >= 4 is 22.7 Å². The quantitative estimate of drug-likeness (QED) is 0.867. The molecule has 2 N–H and O–H groups in total. The Morgan fingerprint density at radius 2 is 2.26 bits per heavy atom. The molecule has 1 saturated heterocycles. The summed E-state index contributed by atoms with van der Waals surface area (Å²) in [5.74, 6) is 0. The molecule has 0 saturated carbocycles. The molecule has 19 heavy (non-hydrogen) atoms. The minimum atomic E-state index is -0.846. The highest BCUT2D eigenvalue weighted by atomic mass is 16.4. The summed E-state index contributed by atoms with van der Waals surface area (Å²) < 4.78 is 0. The van der Waals surface area contributed by atoms with Crippen molar-refractivity contribution in [3.63, 3.8) is 0 Å². The molecule has 1 aromatic carbocycles. The van der Waals surface area contributed by atoms with Crippen molar-refractivity contribution in [1.29, 1.82) is 0 Å². The fraction of sp³-hybridized carbons (Fsp3) is 0.286. The first kappa shape index (κ1) is 11.8. The summed E-state index contributed by atoms with van der Waals surface area (Å²) in [5.41, 5.74) is 1.91. The Bertz CT molecular complexity index is 614. The van der Waals surface area contributed by atoms with Gasteiger partial charge in [0, 0.05) is 24.5 Å².